The van der Waals surface area contributed by atoms with Gasteiger partial charge in [-0.3, -0.25) is 0 Å². The summed E-state index contributed by atoms with van der Waals surface area (Å²) in [5.41, 5.74) is 0. The average Bonchev–Trinajstić information content (AvgIpc) is 1.75. The van der Waals surface area contributed by atoms with E-state index >= 15 is 0 Å². The Balaban J connectivity index is 0.00000121. The van der Waals surface area contributed by atoms with Gasteiger partial charge in [-0.15, -0.1) is 0 Å². The van der Waals surface area contributed by atoms with Crippen molar-refractivity contribution in [2.75, 3.05) is 7.05 Å². The van der Waals surface area contributed by atoms with Crippen LogP contribution in [0.1, 0.15) is 12.8 Å². The molecule has 0 aromatic heterocycles. The predicted molar refractivity (Wildman–Crippen MR) is 39.5 cm³/mol. The Hall–Kier alpha value is 1.45. The predicted octanol–water partition coefficient (Wildman–Crippen LogP) is -1.16. The molecule has 0 aromatic rings. The molecule has 1 aliphatic rings. The van der Waals surface area contributed by atoms with Crippen LogP contribution in [0.15, 0.2) is 0 Å². The SMILES string of the molecule is CNC1CC(C[B-](F)(F)F)C1.[K+]. The Morgan fingerprint density at radius 3 is 2.17 bits per heavy atom. The molecule has 0 aromatic carbocycles. The minimum Gasteiger partial charge on any atom is -0.449 e. The maximum absolute atomic E-state index is 11.8. The van der Waals surface area contributed by atoms with Gasteiger partial charge in [-0.05, 0) is 19.9 Å². The van der Waals surface area contributed by atoms with Crippen molar-refractivity contribution < 1.29 is 64.3 Å². The minimum absolute atomic E-state index is 0. The summed E-state index contributed by atoms with van der Waals surface area (Å²) >= 11 is 0. The second-order valence-electron chi connectivity index (χ2n) is 3.27. The molecule has 0 saturated heterocycles. The molecule has 12 heavy (non-hydrogen) atoms. The van der Waals surface area contributed by atoms with E-state index in [4.69, 9.17) is 0 Å². The summed E-state index contributed by atoms with van der Waals surface area (Å²) in [5, 5.41) is 2.96. The first kappa shape index (κ1) is 13.5. The molecule has 1 fully saturated rings. The van der Waals surface area contributed by atoms with Gasteiger partial charge in [0.25, 0.3) is 0 Å². The Morgan fingerprint density at radius 2 is 1.83 bits per heavy atom. The van der Waals surface area contributed by atoms with E-state index in [1.807, 2.05) is 0 Å². The van der Waals surface area contributed by atoms with Gasteiger partial charge in [-0.25, -0.2) is 0 Å². The summed E-state index contributed by atoms with van der Waals surface area (Å²) < 4.78 is 35.4. The van der Waals surface area contributed by atoms with E-state index in [1.165, 1.54) is 0 Å². The van der Waals surface area contributed by atoms with Gasteiger partial charge in [0.2, 0.25) is 0 Å². The average molecular weight is 205 g/mol. The summed E-state index contributed by atoms with van der Waals surface area (Å²) in [6, 6.07) is 0.332. The molecular weight excluding hydrogens is 193 g/mol. The fraction of sp³-hybridized carbons (Fsp3) is 1.00. The number of rotatable bonds is 3. The molecule has 0 atom stereocenters. The van der Waals surface area contributed by atoms with E-state index in [0.29, 0.717) is 18.9 Å². The molecule has 6 heteroatoms. The molecule has 0 heterocycles. The van der Waals surface area contributed by atoms with Crippen LogP contribution in [0.5, 0.6) is 0 Å². The molecule has 0 bridgehead atoms. The maximum atomic E-state index is 11.8. The molecule has 0 aliphatic heterocycles. The van der Waals surface area contributed by atoms with Crippen LogP contribution in [0.4, 0.5) is 12.9 Å². The van der Waals surface area contributed by atoms with Gasteiger partial charge < -0.3 is 18.3 Å². The monoisotopic (exact) mass is 205 g/mol. The molecule has 0 spiro atoms. The largest absolute Gasteiger partial charge is 1.00 e. The standard InChI is InChI=1S/C6H12BF3N.K/c1-11-6-2-5(3-6)4-7(8,9)10;/h5-6,11H,2-4H2,1H3;/q-1;+1. The Morgan fingerprint density at radius 1 is 1.33 bits per heavy atom. The fourth-order valence-electron chi connectivity index (χ4n) is 1.54. The van der Waals surface area contributed by atoms with E-state index in [1.54, 1.807) is 7.05 Å². The van der Waals surface area contributed by atoms with Crippen LogP contribution in [0.2, 0.25) is 6.32 Å². The van der Waals surface area contributed by atoms with Gasteiger partial charge in [-0.1, -0.05) is 12.2 Å². The Kier molecular flexibility index (Phi) is 6.01. The van der Waals surface area contributed by atoms with Crippen molar-refractivity contribution in [2.45, 2.75) is 25.2 Å². The third-order valence-corrected chi connectivity index (χ3v) is 2.24. The van der Waals surface area contributed by atoms with Crippen molar-refractivity contribution >= 4 is 6.98 Å². The van der Waals surface area contributed by atoms with Crippen molar-refractivity contribution in [2.24, 2.45) is 5.92 Å². The Bertz CT molecular complexity index is 135. The van der Waals surface area contributed by atoms with E-state index < -0.39 is 13.3 Å². The van der Waals surface area contributed by atoms with Crippen LogP contribution in [0.25, 0.3) is 0 Å². The van der Waals surface area contributed by atoms with E-state index in [0.717, 1.165) is 0 Å². The minimum atomic E-state index is -4.55. The summed E-state index contributed by atoms with van der Waals surface area (Å²) in [6.45, 7) is -4.55. The summed E-state index contributed by atoms with van der Waals surface area (Å²) in [7, 11) is 1.79. The van der Waals surface area contributed by atoms with Gasteiger partial charge in [0.15, 0.2) is 0 Å². The first-order valence-corrected chi connectivity index (χ1v) is 3.89. The summed E-state index contributed by atoms with van der Waals surface area (Å²) in [6.07, 6.45) is 0.841. The smallest absolute Gasteiger partial charge is 0.449 e. The van der Waals surface area contributed by atoms with Gasteiger partial charge in [0.05, 0.1) is 0 Å². The fourth-order valence-corrected chi connectivity index (χ4v) is 1.54. The third kappa shape index (κ3) is 4.62. The zero-order chi connectivity index (χ0) is 8.48. The van der Waals surface area contributed by atoms with Crippen LogP contribution < -0.4 is 56.7 Å². The van der Waals surface area contributed by atoms with Crippen LogP contribution in [0.3, 0.4) is 0 Å². The molecular formula is C6H12BF3KN. The quantitative estimate of drug-likeness (QED) is 0.573. The summed E-state index contributed by atoms with van der Waals surface area (Å²) in [4.78, 5) is 0. The van der Waals surface area contributed by atoms with E-state index in [-0.39, 0.29) is 57.3 Å². The van der Waals surface area contributed by atoms with Crippen molar-refractivity contribution in [3.8, 4) is 0 Å². The molecule has 0 unspecified atom stereocenters. The van der Waals surface area contributed by atoms with Gasteiger partial charge in [0.1, 0.15) is 0 Å². The van der Waals surface area contributed by atoms with Crippen molar-refractivity contribution in [3.63, 3.8) is 0 Å². The van der Waals surface area contributed by atoms with Gasteiger partial charge >= 0.3 is 58.4 Å². The maximum Gasteiger partial charge on any atom is 1.00 e. The van der Waals surface area contributed by atoms with Gasteiger partial charge in [0, 0.05) is 6.04 Å². The molecule has 1 rings (SSSR count). The van der Waals surface area contributed by atoms with Crippen molar-refractivity contribution in [3.05, 3.63) is 0 Å². The van der Waals surface area contributed by atoms with Crippen molar-refractivity contribution in [1.29, 1.82) is 0 Å². The van der Waals surface area contributed by atoms with Crippen LogP contribution >= 0.6 is 0 Å². The number of nitrogens with one attached hydrogen (secondary N) is 1. The molecule has 0 amide bonds. The normalized spacial score (nSPS) is 29.0. The molecule has 1 saturated carbocycles. The summed E-state index contributed by atoms with van der Waals surface area (Å²) in [5.74, 6) is -0.104. The molecule has 1 nitrogen and oxygen atoms in total. The van der Waals surface area contributed by atoms with Crippen LogP contribution in [-0.2, 0) is 0 Å². The number of hydrogen-bond donors (Lipinski definition) is 1. The van der Waals surface area contributed by atoms with Crippen molar-refractivity contribution in [1.82, 2.24) is 5.32 Å². The number of hydrogen-bond acceptors (Lipinski definition) is 1. The first-order chi connectivity index (χ1) is 5.01. The van der Waals surface area contributed by atoms with Gasteiger partial charge in [-0.2, -0.15) is 0 Å². The first-order valence-electron chi connectivity index (χ1n) is 3.89. The molecule has 1 aliphatic carbocycles. The van der Waals surface area contributed by atoms with E-state index in [2.05, 4.69) is 5.32 Å². The zero-order valence-corrected chi connectivity index (χ0v) is 10.6. The zero-order valence-electron chi connectivity index (χ0n) is 7.49. The molecule has 0 radical (unpaired) electrons. The second kappa shape index (κ2) is 5.36. The molecule has 66 valence electrons. The van der Waals surface area contributed by atoms with Crippen LogP contribution in [0, 0.1) is 5.92 Å². The Labute approximate surface area is 113 Å². The third-order valence-electron chi connectivity index (χ3n) is 2.24. The van der Waals surface area contributed by atoms with Crippen LogP contribution in [-0.4, -0.2) is 20.1 Å². The second-order valence-corrected chi connectivity index (χ2v) is 3.27. The van der Waals surface area contributed by atoms with E-state index in [9.17, 15) is 12.9 Å². The molecule has 1 N–H and O–H groups in total. The topological polar surface area (TPSA) is 12.0 Å². The number of halogens is 3.